The molecule has 3 rings (SSSR count). The van der Waals surface area contributed by atoms with E-state index in [-0.39, 0.29) is 37.4 Å². The van der Waals surface area contributed by atoms with Crippen molar-refractivity contribution >= 4 is 11.3 Å². The van der Waals surface area contributed by atoms with E-state index < -0.39 is 23.5 Å². The minimum atomic E-state index is -6.20. The molecule has 0 aliphatic carbocycles. The Labute approximate surface area is 201 Å². The molecule has 35 heavy (non-hydrogen) atoms. The van der Waals surface area contributed by atoms with Crippen molar-refractivity contribution in [2.45, 2.75) is 51.1 Å². The number of alkyl halides is 6. The van der Waals surface area contributed by atoms with Gasteiger partial charge in [-0.3, -0.25) is 0 Å². The molecule has 2 aromatic carbocycles. The van der Waals surface area contributed by atoms with E-state index in [1.54, 1.807) is 30.3 Å². The van der Waals surface area contributed by atoms with Crippen molar-refractivity contribution in [2.75, 3.05) is 0 Å². The summed E-state index contributed by atoms with van der Waals surface area (Å²) in [5, 5.41) is 27.7. The molecule has 4 nitrogen and oxygen atoms in total. The second-order valence-electron chi connectivity index (χ2n) is 7.68. The summed E-state index contributed by atoms with van der Waals surface area (Å²) in [6.45, 7) is 0.976. The van der Waals surface area contributed by atoms with Gasteiger partial charge in [-0.25, -0.2) is 0 Å². The first kappa shape index (κ1) is 27.0. The van der Waals surface area contributed by atoms with E-state index in [0.29, 0.717) is 32.7 Å². The van der Waals surface area contributed by atoms with E-state index in [0.717, 1.165) is 17.4 Å². The summed E-state index contributed by atoms with van der Waals surface area (Å²) in [6.07, 6.45) is -6.34. The highest BCUT2D eigenvalue weighted by Crippen LogP contribution is 2.51. The zero-order chi connectivity index (χ0) is 26.0. The SMILES string of the molecule is CCc1c(-c2ccc(COc3ccc(CO)c(CO)c3)s2)cccc1C(F)(F)C(O)(F)C(F)(F)F. The maximum Gasteiger partial charge on any atom is 0.455 e. The van der Waals surface area contributed by atoms with Gasteiger partial charge in [-0.1, -0.05) is 31.2 Å². The average molecular weight is 520 g/mol. The number of ether oxygens (including phenoxy) is 1. The number of hydrogen-bond donors (Lipinski definition) is 3. The van der Waals surface area contributed by atoms with E-state index in [2.05, 4.69) is 0 Å². The van der Waals surface area contributed by atoms with Crippen molar-refractivity contribution < 1.29 is 46.4 Å². The summed E-state index contributed by atoms with van der Waals surface area (Å²) in [6, 6.07) is 11.2. The lowest BCUT2D eigenvalue weighted by molar-refractivity contribution is -0.390. The van der Waals surface area contributed by atoms with Gasteiger partial charge in [0.1, 0.15) is 12.4 Å². The van der Waals surface area contributed by atoms with E-state index in [1.807, 2.05) is 0 Å². The molecular weight excluding hydrogens is 498 g/mol. The highest BCUT2D eigenvalue weighted by molar-refractivity contribution is 7.15. The van der Waals surface area contributed by atoms with Crippen LogP contribution in [0.4, 0.5) is 26.3 Å². The first-order valence-electron chi connectivity index (χ1n) is 10.4. The molecule has 1 heterocycles. The third kappa shape index (κ3) is 5.18. The molecular formula is C24H22F6O4S. The van der Waals surface area contributed by atoms with Crippen LogP contribution in [0.15, 0.2) is 48.5 Å². The molecule has 190 valence electrons. The summed E-state index contributed by atoms with van der Waals surface area (Å²) < 4.78 is 87.4. The fourth-order valence-corrected chi connectivity index (χ4v) is 4.57. The minimum absolute atomic E-state index is 0.0730. The second kappa shape index (κ2) is 10.2. The number of thiophene rings is 1. The quantitative estimate of drug-likeness (QED) is 0.310. The number of aliphatic hydroxyl groups is 3. The fraction of sp³-hybridized carbons (Fsp3) is 0.333. The number of benzene rings is 2. The lowest BCUT2D eigenvalue weighted by Gasteiger charge is -2.32. The normalized spacial score (nSPS) is 14.1. The molecule has 0 fully saturated rings. The van der Waals surface area contributed by atoms with E-state index in [1.165, 1.54) is 13.0 Å². The maximum absolute atomic E-state index is 14.6. The highest BCUT2D eigenvalue weighted by Gasteiger charge is 2.71. The molecule has 0 bridgehead atoms. The van der Waals surface area contributed by atoms with Crippen LogP contribution in [0.25, 0.3) is 10.4 Å². The van der Waals surface area contributed by atoms with Gasteiger partial charge in [0.2, 0.25) is 0 Å². The Balaban J connectivity index is 1.89. The molecule has 0 aliphatic heterocycles. The summed E-state index contributed by atoms with van der Waals surface area (Å²) in [7, 11) is 0. The molecule has 1 atom stereocenters. The van der Waals surface area contributed by atoms with Crippen molar-refractivity contribution in [3.63, 3.8) is 0 Å². The van der Waals surface area contributed by atoms with Crippen molar-refractivity contribution in [3.05, 3.63) is 75.7 Å². The van der Waals surface area contributed by atoms with Gasteiger partial charge in [-0.05, 0) is 52.9 Å². The van der Waals surface area contributed by atoms with Crippen LogP contribution in [0.3, 0.4) is 0 Å². The van der Waals surface area contributed by atoms with Gasteiger partial charge < -0.3 is 20.1 Å². The predicted molar refractivity (Wildman–Crippen MR) is 118 cm³/mol. The van der Waals surface area contributed by atoms with Crippen LogP contribution in [-0.4, -0.2) is 27.4 Å². The average Bonchev–Trinajstić information content (AvgIpc) is 3.30. The molecule has 0 aliphatic rings. The third-order valence-corrected chi connectivity index (χ3v) is 6.58. The lowest BCUT2D eigenvalue weighted by Crippen LogP contribution is -2.53. The molecule has 3 N–H and O–H groups in total. The lowest BCUT2D eigenvalue weighted by atomic mass is 9.90. The Morgan fingerprint density at radius 2 is 1.57 bits per heavy atom. The molecule has 0 saturated heterocycles. The highest BCUT2D eigenvalue weighted by atomic mass is 32.1. The van der Waals surface area contributed by atoms with Gasteiger partial charge in [0, 0.05) is 15.3 Å². The van der Waals surface area contributed by atoms with E-state index in [9.17, 15) is 36.6 Å². The van der Waals surface area contributed by atoms with Gasteiger partial charge in [0.05, 0.1) is 13.2 Å². The van der Waals surface area contributed by atoms with Gasteiger partial charge in [-0.15, -0.1) is 11.3 Å². The molecule has 1 unspecified atom stereocenters. The smallest absolute Gasteiger partial charge is 0.455 e. The van der Waals surface area contributed by atoms with Gasteiger partial charge in [-0.2, -0.15) is 26.3 Å². The van der Waals surface area contributed by atoms with Crippen molar-refractivity contribution in [3.8, 4) is 16.2 Å². The topological polar surface area (TPSA) is 69.9 Å². The minimum Gasteiger partial charge on any atom is -0.488 e. The third-order valence-electron chi connectivity index (χ3n) is 5.49. The van der Waals surface area contributed by atoms with Crippen LogP contribution in [0.1, 0.15) is 34.1 Å². The van der Waals surface area contributed by atoms with Gasteiger partial charge >= 0.3 is 18.0 Å². The number of hydrogen-bond acceptors (Lipinski definition) is 5. The van der Waals surface area contributed by atoms with Gasteiger partial charge in [0.15, 0.2) is 0 Å². The largest absolute Gasteiger partial charge is 0.488 e. The second-order valence-corrected chi connectivity index (χ2v) is 8.85. The Hall–Kier alpha value is -2.60. The van der Waals surface area contributed by atoms with Gasteiger partial charge in [0.25, 0.3) is 0 Å². The Morgan fingerprint density at radius 3 is 2.17 bits per heavy atom. The van der Waals surface area contributed by atoms with Crippen molar-refractivity contribution in [1.29, 1.82) is 0 Å². The number of halogens is 6. The summed E-state index contributed by atoms with van der Waals surface area (Å²) >= 11 is 1.15. The first-order chi connectivity index (χ1) is 16.4. The van der Waals surface area contributed by atoms with Crippen LogP contribution < -0.4 is 4.74 Å². The van der Waals surface area contributed by atoms with Crippen LogP contribution in [0, 0.1) is 0 Å². The van der Waals surface area contributed by atoms with Crippen LogP contribution in [-0.2, 0) is 32.2 Å². The number of aliphatic hydroxyl groups excluding tert-OH is 2. The molecule has 11 heteroatoms. The monoisotopic (exact) mass is 520 g/mol. The maximum atomic E-state index is 14.6. The molecule has 0 saturated carbocycles. The Kier molecular flexibility index (Phi) is 7.85. The summed E-state index contributed by atoms with van der Waals surface area (Å²) in [5.74, 6) is -10.6. The Bertz CT molecular complexity index is 1170. The molecule has 3 aromatic rings. The fourth-order valence-electron chi connectivity index (χ4n) is 3.60. The summed E-state index contributed by atoms with van der Waals surface area (Å²) in [4.78, 5) is 1.10. The van der Waals surface area contributed by atoms with Crippen LogP contribution in [0.2, 0.25) is 0 Å². The predicted octanol–water partition coefficient (Wildman–Crippen LogP) is 5.85. The molecule has 1 aromatic heterocycles. The number of rotatable bonds is 9. The van der Waals surface area contributed by atoms with E-state index in [4.69, 9.17) is 9.84 Å². The zero-order valence-electron chi connectivity index (χ0n) is 18.4. The summed E-state index contributed by atoms with van der Waals surface area (Å²) in [5.41, 5.74) is -0.235. The molecule has 0 radical (unpaired) electrons. The van der Waals surface area contributed by atoms with Crippen LogP contribution in [0.5, 0.6) is 5.75 Å². The zero-order valence-corrected chi connectivity index (χ0v) is 19.2. The first-order valence-corrected chi connectivity index (χ1v) is 11.2. The van der Waals surface area contributed by atoms with E-state index >= 15 is 0 Å². The molecule has 0 spiro atoms. The van der Waals surface area contributed by atoms with Crippen molar-refractivity contribution in [2.24, 2.45) is 0 Å². The standard InChI is InChI=1S/C24H22F6O4S/c1-2-18-19(4-3-5-20(18)22(25,26)23(27,33)24(28,29)30)21-9-8-17(35-21)13-34-16-7-6-14(11-31)15(10-16)12-32/h3-10,31-33H,2,11-13H2,1H3. The molecule has 0 amide bonds. The van der Waals surface area contributed by atoms with Crippen LogP contribution >= 0.6 is 11.3 Å². The van der Waals surface area contributed by atoms with Crippen molar-refractivity contribution in [1.82, 2.24) is 0 Å². The Morgan fingerprint density at radius 1 is 0.886 bits per heavy atom.